The maximum absolute atomic E-state index is 13.0. The second-order valence-electron chi connectivity index (χ2n) is 10.7. The quantitative estimate of drug-likeness (QED) is 0.317. The zero-order valence-corrected chi connectivity index (χ0v) is 23.0. The van der Waals surface area contributed by atoms with Crippen molar-refractivity contribution in [3.8, 4) is 11.3 Å². The lowest BCUT2D eigenvalue weighted by atomic mass is 9.77. The molecule has 6 heteroatoms. The molecule has 1 aliphatic rings. The highest BCUT2D eigenvalue weighted by Crippen LogP contribution is 2.43. The maximum atomic E-state index is 13.0. The number of fused-ring (bicyclic) bond motifs is 3. The number of ether oxygens (including phenoxy) is 2. The van der Waals surface area contributed by atoms with Crippen LogP contribution >= 0.6 is 0 Å². The van der Waals surface area contributed by atoms with Crippen molar-refractivity contribution in [3.63, 3.8) is 0 Å². The molecule has 1 aromatic carbocycles. The molecule has 0 saturated heterocycles. The molecule has 0 fully saturated rings. The molecule has 2 heterocycles. The molecule has 0 spiro atoms. The fourth-order valence-corrected chi connectivity index (χ4v) is 5.07. The zero-order chi connectivity index (χ0) is 26.3. The number of benzene rings is 1. The first-order valence-corrected chi connectivity index (χ1v) is 13.6. The minimum atomic E-state index is -0.550. The number of pyridine rings is 1. The van der Waals surface area contributed by atoms with E-state index in [9.17, 15) is 9.59 Å². The molecule has 198 valence electrons. The summed E-state index contributed by atoms with van der Waals surface area (Å²) in [5.41, 5.74) is 5.78. The Morgan fingerprint density at radius 2 is 1.86 bits per heavy atom. The topological polar surface area (TPSA) is 69.6 Å². The van der Waals surface area contributed by atoms with Crippen LogP contribution < -0.4 is 10.7 Å². The van der Waals surface area contributed by atoms with E-state index in [0.717, 1.165) is 69.7 Å². The number of carbonyl (C=O) groups is 1. The van der Waals surface area contributed by atoms with Gasteiger partial charge in [-0.15, -0.1) is 0 Å². The van der Waals surface area contributed by atoms with Crippen molar-refractivity contribution in [2.24, 2.45) is 5.41 Å². The average Bonchev–Trinajstić information content (AvgIpc) is 2.83. The smallest absolute Gasteiger partial charge is 0.343 e. The molecule has 1 aliphatic heterocycles. The molecule has 6 nitrogen and oxygen atoms in total. The molecule has 1 N–H and O–H groups in total. The fourth-order valence-electron chi connectivity index (χ4n) is 5.07. The monoisotopic (exact) mass is 496 g/mol. The summed E-state index contributed by atoms with van der Waals surface area (Å²) in [5, 5.41) is 3.28. The first kappa shape index (κ1) is 28.1. The lowest BCUT2D eigenvalue weighted by Crippen LogP contribution is -2.33. The number of nitrogens with zero attached hydrogens (tertiary/aromatic N) is 1. The van der Waals surface area contributed by atoms with E-state index >= 15 is 0 Å². The van der Waals surface area contributed by atoms with Crippen molar-refractivity contribution in [2.75, 3.05) is 32.9 Å². The summed E-state index contributed by atoms with van der Waals surface area (Å²) in [6.07, 6.45) is 6.70. The van der Waals surface area contributed by atoms with E-state index in [1.807, 2.05) is 0 Å². The van der Waals surface area contributed by atoms with Crippen LogP contribution in [0.5, 0.6) is 0 Å². The number of aryl methyl sites for hydroxylation is 2. The third kappa shape index (κ3) is 6.65. The summed E-state index contributed by atoms with van der Waals surface area (Å²) >= 11 is 0. The van der Waals surface area contributed by atoms with Gasteiger partial charge in [0.15, 0.2) is 5.43 Å². The molecule has 1 atom stereocenters. The highest BCUT2D eigenvalue weighted by Gasteiger charge is 2.34. The summed E-state index contributed by atoms with van der Waals surface area (Å²) in [6.45, 7) is 16.4. The summed E-state index contributed by atoms with van der Waals surface area (Å²) in [4.78, 5) is 25.4. The highest BCUT2D eigenvalue weighted by atomic mass is 16.5. The van der Waals surface area contributed by atoms with Crippen LogP contribution in [0.1, 0.15) is 87.5 Å². The van der Waals surface area contributed by atoms with Gasteiger partial charge in [0.1, 0.15) is 5.56 Å². The Hall–Kier alpha value is -2.44. The van der Waals surface area contributed by atoms with Gasteiger partial charge in [-0.05, 0) is 73.7 Å². The van der Waals surface area contributed by atoms with E-state index in [1.54, 1.807) is 19.2 Å². The first-order valence-electron chi connectivity index (χ1n) is 13.6. The number of nitrogens with one attached hydrogen (secondary N) is 1. The van der Waals surface area contributed by atoms with Gasteiger partial charge in [-0.2, -0.15) is 0 Å². The van der Waals surface area contributed by atoms with Crippen LogP contribution in [-0.4, -0.2) is 43.4 Å². The van der Waals surface area contributed by atoms with Gasteiger partial charge >= 0.3 is 5.97 Å². The molecule has 1 unspecified atom stereocenters. The van der Waals surface area contributed by atoms with Gasteiger partial charge < -0.3 is 19.4 Å². The number of likely N-dealkylation sites (N-methyl/N-ethyl adjacent to an activating group) is 1. The second-order valence-corrected chi connectivity index (χ2v) is 10.7. The molecule has 2 aromatic rings. The standard InChI is InChI=1S/C30H44N2O4/c1-7-21-17-24-23(16-22(21)12-10-11-14-35-15-13-31-8-2)18-28(30(4,5)6)32-20-25(29(34)36-9-3)27(33)19-26(24)32/h16-17,19-20,28,31H,7-15,18H2,1-6H3. The largest absolute Gasteiger partial charge is 0.462 e. The summed E-state index contributed by atoms with van der Waals surface area (Å²) in [5.74, 6) is -0.550. The van der Waals surface area contributed by atoms with Crippen LogP contribution in [0.2, 0.25) is 0 Å². The number of carbonyl (C=O) groups excluding carboxylic acids is 1. The molecule has 0 bridgehead atoms. The lowest BCUT2D eigenvalue weighted by molar-refractivity contribution is 0.0523. The van der Waals surface area contributed by atoms with Gasteiger partial charge in [0.25, 0.3) is 0 Å². The number of unbranched alkanes of at least 4 members (excludes halogenated alkanes) is 1. The number of rotatable bonds is 12. The van der Waals surface area contributed by atoms with Gasteiger partial charge in [0.05, 0.1) is 18.9 Å². The Balaban J connectivity index is 1.89. The van der Waals surface area contributed by atoms with Gasteiger partial charge in [-0.3, -0.25) is 4.79 Å². The molecule has 1 aromatic heterocycles. The molecule has 36 heavy (non-hydrogen) atoms. The van der Waals surface area contributed by atoms with Gasteiger partial charge in [0, 0.05) is 37.0 Å². The van der Waals surface area contributed by atoms with E-state index < -0.39 is 5.97 Å². The average molecular weight is 497 g/mol. The fraction of sp³-hybridized carbons (Fsp3) is 0.600. The molecular formula is C30H44N2O4. The second kappa shape index (κ2) is 12.7. The number of esters is 1. The predicted molar refractivity (Wildman–Crippen MR) is 146 cm³/mol. The minimum Gasteiger partial charge on any atom is -0.462 e. The van der Waals surface area contributed by atoms with E-state index in [0.29, 0.717) is 0 Å². The van der Waals surface area contributed by atoms with Crippen LogP contribution in [0.3, 0.4) is 0 Å². The molecule has 0 amide bonds. The third-order valence-corrected chi connectivity index (χ3v) is 7.06. The summed E-state index contributed by atoms with van der Waals surface area (Å²) in [6, 6.07) is 6.39. The lowest BCUT2D eigenvalue weighted by Gasteiger charge is -2.39. The molecule has 0 saturated carbocycles. The van der Waals surface area contributed by atoms with Crippen LogP contribution in [0.4, 0.5) is 0 Å². The summed E-state index contributed by atoms with van der Waals surface area (Å²) < 4.78 is 13.0. The van der Waals surface area contributed by atoms with E-state index in [4.69, 9.17) is 9.47 Å². The van der Waals surface area contributed by atoms with Crippen molar-refractivity contribution in [2.45, 2.75) is 79.7 Å². The number of hydrogen-bond acceptors (Lipinski definition) is 5. The van der Waals surface area contributed by atoms with Crippen LogP contribution in [0.25, 0.3) is 11.3 Å². The molecule has 0 aliphatic carbocycles. The van der Waals surface area contributed by atoms with E-state index in [1.165, 1.54) is 16.7 Å². The van der Waals surface area contributed by atoms with Gasteiger partial charge in [0.2, 0.25) is 0 Å². The van der Waals surface area contributed by atoms with Crippen molar-refractivity contribution >= 4 is 5.97 Å². The maximum Gasteiger partial charge on any atom is 0.343 e. The van der Waals surface area contributed by atoms with Crippen LogP contribution in [-0.2, 0) is 28.7 Å². The molecular weight excluding hydrogens is 452 g/mol. The van der Waals surface area contributed by atoms with Gasteiger partial charge in [-0.25, -0.2) is 4.79 Å². The Labute approximate surface area is 216 Å². The zero-order valence-electron chi connectivity index (χ0n) is 23.0. The Morgan fingerprint density at radius 1 is 1.08 bits per heavy atom. The van der Waals surface area contributed by atoms with E-state index in [2.05, 4.69) is 56.6 Å². The number of hydrogen-bond donors (Lipinski definition) is 1. The molecule has 0 radical (unpaired) electrons. The van der Waals surface area contributed by atoms with Crippen molar-refractivity contribution in [1.82, 2.24) is 9.88 Å². The van der Waals surface area contributed by atoms with Crippen molar-refractivity contribution < 1.29 is 14.3 Å². The Bertz CT molecular complexity index is 1100. The Kier molecular flexibility index (Phi) is 9.92. The predicted octanol–water partition coefficient (Wildman–Crippen LogP) is 5.35. The van der Waals surface area contributed by atoms with E-state index in [-0.39, 0.29) is 29.1 Å². The number of aromatic nitrogens is 1. The van der Waals surface area contributed by atoms with Crippen molar-refractivity contribution in [1.29, 1.82) is 0 Å². The Morgan fingerprint density at radius 3 is 2.53 bits per heavy atom. The van der Waals surface area contributed by atoms with Gasteiger partial charge in [-0.1, -0.05) is 40.7 Å². The summed E-state index contributed by atoms with van der Waals surface area (Å²) in [7, 11) is 0. The third-order valence-electron chi connectivity index (χ3n) is 7.06. The molecule has 3 rings (SSSR count). The first-order chi connectivity index (χ1) is 17.2. The minimum absolute atomic E-state index is 0.0546. The highest BCUT2D eigenvalue weighted by molar-refractivity contribution is 5.89. The normalized spacial score (nSPS) is 14.9. The van der Waals surface area contributed by atoms with Crippen molar-refractivity contribution in [3.05, 3.63) is 56.9 Å². The van der Waals surface area contributed by atoms with Crippen LogP contribution in [0.15, 0.2) is 29.2 Å². The SMILES string of the molecule is CCNCCOCCCCc1cc2c(cc1CC)-c1cc(=O)c(C(=O)OCC)cn1C(C(C)(C)C)C2. The van der Waals surface area contributed by atoms with Crippen LogP contribution in [0, 0.1) is 5.41 Å².